The summed E-state index contributed by atoms with van der Waals surface area (Å²) in [5.41, 5.74) is 4.51. The van der Waals surface area contributed by atoms with Crippen LogP contribution in [0.2, 0.25) is 0 Å². The fraction of sp³-hybridized carbons (Fsp3) is 0.500. The largest absolute Gasteiger partial charge is 0.378 e. The number of rotatable bonds is 3. The Hall–Kier alpha value is -1.27. The molecule has 2 aliphatic rings. The Morgan fingerprint density at radius 2 is 2.09 bits per heavy atom. The van der Waals surface area contributed by atoms with Crippen molar-refractivity contribution in [1.82, 2.24) is 14.8 Å². The molecule has 4 rings (SSSR count). The summed E-state index contributed by atoms with van der Waals surface area (Å²) in [6.45, 7) is 8.12. The van der Waals surface area contributed by atoms with E-state index in [0.717, 1.165) is 39.4 Å². The molecule has 1 aromatic carbocycles. The van der Waals surface area contributed by atoms with Gasteiger partial charge in [-0.3, -0.25) is 9.80 Å². The summed E-state index contributed by atoms with van der Waals surface area (Å²) in [6.07, 6.45) is 0. The molecule has 4 nitrogen and oxygen atoms in total. The number of aryl methyl sites for hydroxylation is 1. The Labute approximate surface area is 141 Å². The van der Waals surface area contributed by atoms with E-state index in [0.29, 0.717) is 12.1 Å². The minimum absolute atomic E-state index is 0.405. The van der Waals surface area contributed by atoms with Gasteiger partial charge >= 0.3 is 0 Å². The number of fused-ring (bicyclic) bond motifs is 1. The van der Waals surface area contributed by atoms with Gasteiger partial charge in [-0.25, -0.2) is 4.98 Å². The molecule has 2 atom stereocenters. The molecule has 0 saturated carbocycles. The van der Waals surface area contributed by atoms with E-state index in [4.69, 9.17) is 4.74 Å². The van der Waals surface area contributed by atoms with Crippen LogP contribution in [0.25, 0.3) is 0 Å². The highest BCUT2D eigenvalue weighted by molar-refractivity contribution is 7.09. The maximum absolute atomic E-state index is 5.94. The van der Waals surface area contributed by atoms with Crippen molar-refractivity contribution in [3.8, 4) is 0 Å². The van der Waals surface area contributed by atoms with Gasteiger partial charge in [0.2, 0.25) is 0 Å². The van der Waals surface area contributed by atoms with Gasteiger partial charge in [0.15, 0.2) is 0 Å². The van der Waals surface area contributed by atoms with E-state index in [9.17, 15) is 0 Å². The fourth-order valence-corrected chi connectivity index (χ4v) is 4.51. The van der Waals surface area contributed by atoms with Gasteiger partial charge in [-0.15, -0.1) is 11.3 Å². The number of hydrogen-bond acceptors (Lipinski definition) is 5. The lowest BCUT2D eigenvalue weighted by molar-refractivity contribution is -0.0834. The van der Waals surface area contributed by atoms with Crippen molar-refractivity contribution in [2.75, 3.05) is 32.8 Å². The molecule has 0 bridgehead atoms. The molecule has 0 N–H and O–H groups in total. The van der Waals surface area contributed by atoms with Crippen molar-refractivity contribution in [3.05, 3.63) is 52.0 Å². The summed E-state index contributed by atoms with van der Waals surface area (Å²) in [7, 11) is 0. The van der Waals surface area contributed by atoms with E-state index < -0.39 is 0 Å². The monoisotopic (exact) mass is 329 g/mol. The number of nitrogens with zero attached hydrogens (tertiary/aromatic N) is 3. The number of benzene rings is 1. The van der Waals surface area contributed by atoms with Gasteiger partial charge in [0, 0.05) is 37.1 Å². The van der Waals surface area contributed by atoms with E-state index in [1.165, 1.54) is 16.1 Å². The molecule has 122 valence electrons. The molecular weight excluding hydrogens is 306 g/mol. The van der Waals surface area contributed by atoms with Crippen molar-refractivity contribution in [3.63, 3.8) is 0 Å². The van der Waals surface area contributed by atoms with Gasteiger partial charge in [0.1, 0.15) is 0 Å². The van der Waals surface area contributed by atoms with E-state index in [2.05, 4.69) is 52.0 Å². The molecule has 2 aromatic rings. The van der Waals surface area contributed by atoms with Crippen LogP contribution < -0.4 is 0 Å². The predicted octanol–water partition coefficient (Wildman–Crippen LogP) is 2.71. The first kappa shape index (κ1) is 15.3. The van der Waals surface area contributed by atoms with Crippen molar-refractivity contribution >= 4 is 11.3 Å². The quantitative estimate of drug-likeness (QED) is 0.866. The topological polar surface area (TPSA) is 28.6 Å². The van der Waals surface area contributed by atoms with Crippen LogP contribution in [-0.2, 0) is 11.3 Å². The standard InChI is InChI=1S/C18H23N3OS/c1-14-18(23-13-19-14)10-20-7-8-21-16(9-20)11-22-12-17(21)15-5-3-2-4-6-15/h2-6,13,16-17H,7-12H2,1H3/t16-,17-/m1/s1. The molecule has 0 aliphatic carbocycles. The second-order valence-corrected chi connectivity index (χ2v) is 7.39. The number of thiazole rings is 1. The van der Waals surface area contributed by atoms with Crippen molar-refractivity contribution in [1.29, 1.82) is 0 Å². The van der Waals surface area contributed by atoms with Crippen molar-refractivity contribution in [2.24, 2.45) is 0 Å². The fourth-order valence-electron chi connectivity index (χ4n) is 3.69. The maximum atomic E-state index is 5.94. The zero-order chi connectivity index (χ0) is 15.6. The summed E-state index contributed by atoms with van der Waals surface area (Å²) in [5, 5.41) is 0. The highest BCUT2D eigenvalue weighted by Crippen LogP contribution is 2.30. The van der Waals surface area contributed by atoms with Gasteiger partial charge in [0.25, 0.3) is 0 Å². The second kappa shape index (κ2) is 6.69. The molecule has 2 aliphatic heterocycles. The van der Waals surface area contributed by atoms with Crippen molar-refractivity contribution in [2.45, 2.75) is 25.6 Å². The van der Waals surface area contributed by atoms with Crippen LogP contribution in [0.1, 0.15) is 22.2 Å². The summed E-state index contributed by atoms with van der Waals surface area (Å²) >= 11 is 1.77. The van der Waals surface area contributed by atoms with Crippen LogP contribution in [0.4, 0.5) is 0 Å². The minimum atomic E-state index is 0.405. The molecule has 3 heterocycles. The first-order chi connectivity index (χ1) is 11.3. The summed E-state index contributed by atoms with van der Waals surface area (Å²) in [5.74, 6) is 0. The Morgan fingerprint density at radius 3 is 2.87 bits per heavy atom. The third-order valence-corrected chi connectivity index (χ3v) is 5.91. The van der Waals surface area contributed by atoms with Crippen molar-refractivity contribution < 1.29 is 4.74 Å². The maximum Gasteiger partial charge on any atom is 0.0798 e. The van der Waals surface area contributed by atoms with E-state index in [1.54, 1.807) is 11.3 Å². The molecule has 5 heteroatoms. The molecule has 2 fully saturated rings. The summed E-state index contributed by atoms with van der Waals surface area (Å²) < 4.78 is 5.94. The Balaban J connectivity index is 1.45. The first-order valence-electron chi connectivity index (χ1n) is 8.31. The van der Waals surface area contributed by atoms with Gasteiger partial charge in [-0.2, -0.15) is 0 Å². The molecule has 0 radical (unpaired) electrons. The van der Waals surface area contributed by atoms with Crippen LogP contribution in [0.15, 0.2) is 35.8 Å². The molecule has 0 amide bonds. The number of morpholine rings is 1. The van der Waals surface area contributed by atoms with Crippen LogP contribution >= 0.6 is 11.3 Å². The van der Waals surface area contributed by atoms with Crippen LogP contribution in [0.5, 0.6) is 0 Å². The zero-order valence-electron chi connectivity index (χ0n) is 13.5. The minimum Gasteiger partial charge on any atom is -0.378 e. The average Bonchev–Trinajstić information content (AvgIpc) is 3.00. The lowest BCUT2D eigenvalue weighted by Gasteiger charge is -2.48. The number of aromatic nitrogens is 1. The van der Waals surface area contributed by atoms with Gasteiger partial charge in [0.05, 0.1) is 30.5 Å². The molecule has 2 saturated heterocycles. The molecule has 23 heavy (non-hydrogen) atoms. The first-order valence-corrected chi connectivity index (χ1v) is 9.19. The molecule has 0 spiro atoms. The second-order valence-electron chi connectivity index (χ2n) is 6.45. The molecule has 0 unspecified atom stereocenters. The summed E-state index contributed by atoms with van der Waals surface area (Å²) in [4.78, 5) is 11.0. The number of piperazine rings is 1. The normalized spacial score (nSPS) is 26.1. The highest BCUT2D eigenvalue weighted by atomic mass is 32.1. The third kappa shape index (κ3) is 3.19. The van der Waals surface area contributed by atoms with E-state index >= 15 is 0 Å². The van der Waals surface area contributed by atoms with E-state index in [-0.39, 0.29) is 0 Å². The number of hydrogen-bond donors (Lipinski definition) is 0. The van der Waals surface area contributed by atoms with Gasteiger partial charge < -0.3 is 4.74 Å². The van der Waals surface area contributed by atoms with Crippen LogP contribution in [0, 0.1) is 6.92 Å². The third-order valence-electron chi connectivity index (χ3n) is 5.00. The Kier molecular flexibility index (Phi) is 4.44. The highest BCUT2D eigenvalue weighted by Gasteiger charge is 2.36. The molecule has 1 aromatic heterocycles. The number of ether oxygens (including phenoxy) is 1. The van der Waals surface area contributed by atoms with Gasteiger partial charge in [-0.05, 0) is 12.5 Å². The van der Waals surface area contributed by atoms with Crippen LogP contribution in [-0.4, -0.2) is 53.7 Å². The van der Waals surface area contributed by atoms with E-state index in [1.807, 2.05) is 5.51 Å². The SMILES string of the molecule is Cc1ncsc1CN1CCN2[C@@H](COC[C@@H]2c2ccccc2)C1. The lowest BCUT2D eigenvalue weighted by Crippen LogP contribution is -2.58. The van der Waals surface area contributed by atoms with Crippen LogP contribution in [0.3, 0.4) is 0 Å². The zero-order valence-corrected chi connectivity index (χ0v) is 14.3. The predicted molar refractivity (Wildman–Crippen MR) is 92.6 cm³/mol. The lowest BCUT2D eigenvalue weighted by atomic mass is 10.00. The Morgan fingerprint density at radius 1 is 1.22 bits per heavy atom. The smallest absolute Gasteiger partial charge is 0.0798 e. The van der Waals surface area contributed by atoms with Gasteiger partial charge in [-0.1, -0.05) is 30.3 Å². The Bertz CT molecular complexity index is 645. The molecular formula is C18H23N3OS. The summed E-state index contributed by atoms with van der Waals surface area (Å²) in [6, 6.07) is 11.7. The average molecular weight is 329 g/mol.